The fourth-order valence-electron chi connectivity index (χ4n) is 6.22. The van der Waals surface area contributed by atoms with Gasteiger partial charge in [-0.3, -0.25) is 19.2 Å². The number of phenols is 1. The van der Waals surface area contributed by atoms with Crippen molar-refractivity contribution >= 4 is 29.1 Å². The van der Waals surface area contributed by atoms with E-state index in [4.69, 9.17) is 5.73 Å². The van der Waals surface area contributed by atoms with Crippen LogP contribution in [0.25, 0.3) is 16.9 Å². The minimum atomic E-state index is -2.61. The minimum Gasteiger partial charge on any atom is -0.508 e. The van der Waals surface area contributed by atoms with E-state index in [-0.39, 0.29) is 42.1 Å². The molecule has 0 aromatic heterocycles. The number of phenolic OH excluding ortho intramolecular Hbond substituents is 1. The molecule has 11 nitrogen and oxygen atoms in total. The van der Waals surface area contributed by atoms with Crippen LogP contribution in [0.4, 0.5) is 0 Å². The highest BCUT2D eigenvalue weighted by Crippen LogP contribution is 2.53. The Morgan fingerprint density at radius 1 is 1.10 bits per heavy atom. The highest BCUT2D eigenvalue weighted by atomic mass is 16.3. The Bertz CT molecular complexity index is 1570. The zero-order valence-electron chi connectivity index (χ0n) is 22.6. The van der Waals surface area contributed by atoms with Crippen LogP contribution in [0.2, 0.25) is 0 Å². The Morgan fingerprint density at radius 3 is 2.51 bits per heavy atom. The summed E-state index contributed by atoms with van der Waals surface area (Å²) in [6.07, 6.45) is -0.191. The van der Waals surface area contributed by atoms with Gasteiger partial charge in [0.2, 0.25) is 5.78 Å². The molecule has 0 saturated heterocycles. The van der Waals surface area contributed by atoms with E-state index in [2.05, 4.69) is 5.32 Å². The number of aromatic hydroxyl groups is 1. The highest BCUT2D eigenvalue weighted by molar-refractivity contribution is 6.22. The lowest BCUT2D eigenvalue weighted by Crippen LogP contribution is -2.58. The third-order valence-corrected chi connectivity index (χ3v) is 8.23. The number of likely N-dealkylation sites (N-methyl/N-ethyl adjacent to an activating group) is 1. The number of aliphatic hydroxyl groups excluding tert-OH is 2. The van der Waals surface area contributed by atoms with Gasteiger partial charge < -0.3 is 36.4 Å². The smallest absolute Gasteiger partial charge is 0.255 e. The van der Waals surface area contributed by atoms with Crippen molar-refractivity contribution in [3.05, 3.63) is 70.0 Å². The first-order valence-electron chi connectivity index (χ1n) is 13.2. The predicted octanol–water partition coefficient (Wildman–Crippen LogP) is 1.38. The van der Waals surface area contributed by atoms with Crippen LogP contribution in [-0.2, 0) is 20.8 Å². The number of Topliss-reactive ketones (excluding diaryl/α,β-unsaturated/α-hetero) is 2. The molecule has 2 amide bonds. The van der Waals surface area contributed by atoms with Crippen molar-refractivity contribution in [2.45, 2.75) is 24.9 Å². The fourth-order valence-corrected chi connectivity index (χ4v) is 6.22. The molecule has 0 bridgehead atoms. The van der Waals surface area contributed by atoms with E-state index < -0.39 is 52.0 Å². The molecule has 41 heavy (non-hydrogen) atoms. The molecule has 0 radical (unpaired) electrons. The molecular formula is C30H31N3O8. The third kappa shape index (κ3) is 4.47. The van der Waals surface area contributed by atoms with Gasteiger partial charge >= 0.3 is 0 Å². The van der Waals surface area contributed by atoms with Crippen LogP contribution in [0.5, 0.6) is 5.75 Å². The van der Waals surface area contributed by atoms with Gasteiger partial charge in [-0.1, -0.05) is 18.2 Å². The maximum atomic E-state index is 13.7. The molecule has 5 rings (SSSR count). The lowest BCUT2D eigenvalue weighted by Gasteiger charge is -2.46. The highest BCUT2D eigenvalue weighted by Gasteiger charge is 2.60. The third-order valence-electron chi connectivity index (χ3n) is 8.23. The molecule has 3 aliphatic rings. The molecule has 3 aliphatic carbocycles. The minimum absolute atomic E-state index is 0.00420. The molecule has 214 valence electrons. The van der Waals surface area contributed by atoms with Crippen molar-refractivity contribution in [2.24, 2.45) is 17.6 Å². The van der Waals surface area contributed by atoms with Crippen LogP contribution >= 0.6 is 0 Å². The van der Waals surface area contributed by atoms with E-state index in [0.29, 0.717) is 35.3 Å². The number of carbonyl (C=O) groups is 4. The summed E-state index contributed by atoms with van der Waals surface area (Å²) >= 11 is 0. The quantitative estimate of drug-likeness (QED) is 0.283. The Labute approximate surface area is 235 Å². The summed E-state index contributed by atoms with van der Waals surface area (Å²) in [6, 6.07) is 9.92. The number of ketones is 2. The summed E-state index contributed by atoms with van der Waals surface area (Å²) in [6.45, 7) is 1.13. The lowest BCUT2D eigenvalue weighted by molar-refractivity contribution is -0.147. The van der Waals surface area contributed by atoms with Gasteiger partial charge in [0.1, 0.15) is 22.8 Å². The lowest BCUT2D eigenvalue weighted by atomic mass is 9.59. The van der Waals surface area contributed by atoms with E-state index in [1.54, 1.807) is 30.3 Å². The number of amides is 2. The summed E-state index contributed by atoms with van der Waals surface area (Å²) in [5.74, 6) is -7.03. The van der Waals surface area contributed by atoms with Gasteiger partial charge in [-0.15, -0.1) is 0 Å². The Hall–Kier alpha value is -4.48. The summed E-state index contributed by atoms with van der Waals surface area (Å²) in [5, 5.41) is 47.1. The number of primary amides is 1. The molecule has 0 aliphatic heterocycles. The van der Waals surface area contributed by atoms with Crippen LogP contribution in [0, 0.1) is 11.8 Å². The SMILES string of the molecule is CN(C)CCNC(=O)c1cccc(-c2ccc(O)c3c2CC2C[C@H]4CC(=O)C(C(N)=O)=C(O)[C@@]4(O)C(=O)C2=C3O)c1. The number of benzene rings is 2. The first kappa shape index (κ1) is 28.1. The Morgan fingerprint density at radius 2 is 1.83 bits per heavy atom. The normalized spacial score (nSPS) is 23.7. The number of fused-ring (bicyclic) bond motifs is 3. The average molecular weight is 562 g/mol. The molecule has 7 N–H and O–H groups in total. The zero-order valence-corrected chi connectivity index (χ0v) is 22.6. The van der Waals surface area contributed by atoms with E-state index in [0.717, 1.165) is 0 Å². The van der Waals surface area contributed by atoms with Crippen molar-refractivity contribution in [2.75, 3.05) is 27.2 Å². The van der Waals surface area contributed by atoms with E-state index in [1.807, 2.05) is 19.0 Å². The van der Waals surface area contributed by atoms with Gasteiger partial charge in [0.25, 0.3) is 11.8 Å². The largest absolute Gasteiger partial charge is 0.508 e. The molecule has 2 aromatic rings. The topological polar surface area (TPSA) is 190 Å². The molecular weight excluding hydrogens is 530 g/mol. The van der Waals surface area contributed by atoms with Crippen molar-refractivity contribution in [3.8, 4) is 16.9 Å². The summed E-state index contributed by atoms with van der Waals surface area (Å²) in [5.41, 5.74) is 3.80. The van der Waals surface area contributed by atoms with Gasteiger partial charge in [-0.2, -0.15) is 0 Å². The maximum Gasteiger partial charge on any atom is 0.255 e. The van der Waals surface area contributed by atoms with Crippen LogP contribution < -0.4 is 11.1 Å². The monoisotopic (exact) mass is 561 g/mol. The average Bonchev–Trinajstić information content (AvgIpc) is 2.90. The molecule has 1 fully saturated rings. The van der Waals surface area contributed by atoms with Crippen molar-refractivity contribution < 1.29 is 39.6 Å². The first-order valence-corrected chi connectivity index (χ1v) is 13.2. The molecule has 11 heteroatoms. The summed E-state index contributed by atoms with van der Waals surface area (Å²) in [7, 11) is 3.81. The number of hydrogen-bond acceptors (Lipinski definition) is 9. The van der Waals surface area contributed by atoms with Crippen LogP contribution in [0.1, 0.15) is 34.3 Å². The first-order chi connectivity index (χ1) is 19.4. The van der Waals surface area contributed by atoms with Gasteiger partial charge in [-0.05, 0) is 67.7 Å². The number of nitrogens with one attached hydrogen (secondary N) is 1. The van der Waals surface area contributed by atoms with Gasteiger partial charge in [0.15, 0.2) is 11.4 Å². The second-order valence-corrected chi connectivity index (χ2v) is 11.0. The van der Waals surface area contributed by atoms with Crippen molar-refractivity contribution in [1.82, 2.24) is 10.2 Å². The number of nitrogens with two attached hydrogens (primary N) is 1. The Kier molecular flexibility index (Phi) is 6.96. The van der Waals surface area contributed by atoms with Crippen molar-refractivity contribution in [1.29, 1.82) is 0 Å². The maximum absolute atomic E-state index is 13.7. The number of rotatable bonds is 6. The molecule has 3 atom stereocenters. The van der Waals surface area contributed by atoms with E-state index >= 15 is 0 Å². The van der Waals surface area contributed by atoms with Crippen LogP contribution in [-0.4, -0.2) is 81.5 Å². The molecule has 0 heterocycles. The van der Waals surface area contributed by atoms with Gasteiger partial charge in [0.05, 0.1) is 5.56 Å². The van der Waals surface area contributed by atoms with Crippen molar-refractivity contribution in [3.63, 3.8) is 0 Å². The van der Waals surface area contributed by atoms with Crippen LogP contribution in [0.3, 0.4) is 0 Å². The molecule has 2 aromatic carbocycles. The van der Waals surface area contributed by atoms with Gasteiger partial charge in [-0.25, -0.2) is 0 Å². The molecule has 1 saturated carbocycles. The standard InChI is InChI=1S/C30H31N3O8/c1-33(2)9-8-32-29(40)15-5-3-4-14(10-15)18-6-7-20(34)23-19(18)12-16-11-17-13-21(35)24(28(31)39)27(38)30(17,41)26(37)22(16)25(23)36/h3-7,10,16-17,34,36,38,41H,8-9,11-13H2,1-2H3,(H2,31,39)(H,32,40)/t16?,17-,30-/m0/s1. The molecule has 0 spiro atoms. The second kappa shape index (κ2) is 10.2. The number of carbonyl (C=O) groups excluding carboxylic acids is 4. The van der Waals surface area contributed by atoms with Gasteiger partial charge in [0, 0.05) is 36.6 Å². The zero-order chi connectivity index (χ0) is 29.8. The fraction of sp³-hybridized carbons (Fsp3) is 0.333. The number of nitrogens with zero attached hydrogens (tertiary/aromatic N) is 1. The Balaban J connectivity index is 1.58. The summed E-state index contributed by atoms with van der Waals surface area (Å²) in [4.78, 5) is 52.8. The van der Waals surface area contributed by atoms with Crippen LogP contribution in [0.15, 0.2) is 53.3 Å². The molecule has 1 unspecified atom stereocenters. The summed E-state index contributed by atoms with van der Waals surface area (Å²) < 4.78 is 0. The van der Waals surface area contributed by atoms with E-state index in [1.165, 1.54) is 6.07 Å². The predicted molar refractivity (Wildman–Crippen MR) is 148 cm³/mol. The number of aliphatic hydroxyl groups is 3. The van der Waals surface area contributed by atoms with E-state index in [9.17, 15) is 39.6 Å². The number of hydrogen-bond donors (Lipinski definition) is 6. The second-order valence-electron chi connectivity index (χ2n) is 11.0.